The molecule has 16 heavy (non-hydrogen) atoms. The minimum atomic E-state index is 0.131. The van der Waals surface area contributed by atoms with E-state index < -0.39 is 0 Å². The van der Waals surface area contributed by atoms with Crippen LogP contribution in [0.2, 0.25) is 5.28 Å². The molecule has 2 aromatic rings. The molecule has 1 N–H and O–H groups in total. The van der Waals surface area contributed by atoms with Gasteiger partial charge in [-0.25, -0.2) is 4.98 Å². The molecule has 0 amide bonds. The Balaban J connectivity index is 0.000000280. The van der Waals surface area contributed by atoms with Gasteiger partial charge in [0.05, 0.1) is 13.4 Å². The number of fused-ring (bicyclic) bond motifs is 1. The number of hydrogen-bond acceptors (Lipinski definition) is 4. The third-order valence-corrected chi connectivity index (χ3v) is 1.59. The molecule has 2 heterocycles. The van der Waals surface area contributed by atoms with Gasteiger partial charge in [-0.2, -0.15) is 9.97 Å². The minimum Gasteiger partial charge on any atom is -0.479 e. The molecule has 0 atom stereocenters. The maximum atomic E-state index is 5.60. The molecule has 0 fully saturated rings. The standard InChI is InChI=1S/C6H5ClN4O.C4H10/c1-12-5-3-4(9-2-8-3)10-6(7)11-5;1-4(2)3/h2H,1H3,(H,8,9,10,11);4H,1-3H3. The molecule has 0 saturated heterocycles. The molecule has 2 rings (SSSR count). The van der Waals surface area contributed by atoms with E-state index in [4.69, 9.17) is 16.3 Å². The van der Waals surface area contributed by atoms with Gasteiger partial charge in [-0.3, -0.25) is 0 Å². The molecule has 0 unspecified atom stereocenters. The SMILES string of the molecule is CC(C)C.COc1nc(Cl)nc2nc[nH]c12. The summed E-state index contributed by atoms with van der Waals surface area (Å²) in [4.78, 5) is 14.5. The van der Waals surface area contributed by atoms with E-state index in [1.807, 2.05) is 0 Å². The highest BCUT2D eigenvalue weighted by molar-refractivity contribution is 6.28. The predicted molar refractivity (Wildman–Crippen MR) is 63.8 cm³/mol. The second-order valence-corrected chi connectivity index (χ2v) is 4.17. The van der Waals surface area contributed by atoms with Crippen LogP contribution in [0.4, 0.5) is 0 Å². The number of nitrogens with one attached hydrogen (secondary N) is 1. The van der Waals surface area contributed by atoms with Gasteiger partial charge in [-0.05, 0) is 17.5 Å². The first-order valence-corrected chi connectivity index (χ1v) is 5.33. The van der Waals surface area contributed by atoms with Crippen molar-refractivity contribution in [1.82, 2.24) is 19.9 Å². The van der Waals surface area contributed by atoms with E-state index in [9.17, 15) is 0 Å². The summed E-state index contributed by atoms with van der Waals surface area (Å²) in [5, 5.41) is 0.131. The number of hydrogen-bond donors (Lipinski definition) is 1. The molecule has 0 spiro atoms. The van der Waals surface area contributed by atoms with Crippen molar-refractivity contribution in [3.63, 3.8) is 0 Å². The molecule has 0 radical (unpaired) electrons. The number of halogens is 1. The summed E-state index contributed by atoms with van der Waals surface area (Å²) < 4.78 is 4.96. The normalized spacial score (nSPS) is 10.1. The van der Waals surface area contributed by atoms with Crippen LogP contribution in [0.5, 0.6) is 5.88 Å². The Morgan fingerprint density at radius 1 is 1.31 bits per heavy atom. The number of aromatic nitrogens is 4. The summed E-state index contributed by atoms with van der Waals surface area (Å²) in [5.41, 5.74) is 1.16. The molecule has 0 saturated carbocycles. The quantitative estimate of drug-likeness (QED) is 0.781. The number of H-pyrrole nitrogens is 1. The summed E-state index contributed by atoms with van der Waals surface area (Å²) >= 11 is 5.60. The first-order valence-electron chi connectivity index (χ1n) is 4.95. The Labute approximate surface area is 99.2 Å². The summed E-state index contributed by atoms with van der Waals surface area (Å²) in [5.74, 6) is 1.24. The van der Waals surface area contributed by atoms with Crippen molar-refractivity contribution in [3.05, 3.63) is 11.6 Å². The Morgan fingerprint density at radius 3 is 2.50 bits per heavy atom. The number of imidazole rings is 1. The predicted octanol–water partition coefficient (Wildman–Crippen LogP) is 2.68. The van der Waals surface area contributed by atoms with E-state index in [1.165, 1.54) is 13.4 Å². The van der Waals surface area contributed by atoms with E-state index in [1.54, 1.807) is 0 Å². The topological polar surface area (TPSA) is 63.7 Å². The molecule has 88 valence electrons. The van der Waals surface area contributed by atoms with Crippen LogP contribution < -0.4 is 4.74 Å². The molecule has 0 aromatic carbocycles. The molecule has 2 aromatic heterocycles. The molecular formula is C10H15ClN4O. The number of aromatic amines is 1. The highest BCUT2D eigenvalue weighted by Gasteiger charge is 2.07. The maximum Gasteiger partial charge on any atom is 0.244 e. The van der Waals surface area contributed by atoms with E-state index in [0.29, 0.717) is 17.0 Å². The molecule has 0 aliphatic heterocycles. The Kier molecular flexibility index (Phi) is 4.49. The molecular weight excluding hydrogens is 228 g/mol. The lowest BCUT2D eigenvalue weighted by Gasteiger charge is -1.98. The summed E-state index contributed by atoms with van der Waals surface area (Å²) in [7, 11) is 1.51. The lowest BCUT2D eigenvalue weighted by Crippen LogP contribution is -1.91. The van der Waals surface area contributed by atoms with E-state index in [-0.39, 0.29) is 5.28 Å². The van der Waals surface area contributed by atoms with Gasteiger partial charge in [0, 0.05) is 0 Å². The molecule has 6 heteroatoms. The fourth-order valence-electron chi connectivity index (χ4n) is 0.929. The van der Waals surface area contributed by atoms with Gasteiger partial charge in [-0.15, -0.1) is 0 Å². The fourth-order valence-corrected chi connectivity index (χ4v) is 1.09. The van der Waals surface area contributed by atoms with Crippen LogP contribution >= 0.6 is 11.6 Å². The molecule has 5 nitrogen and oxygen atoms in total. The zero-order valence-corrected chi connectivity index (χ0v) is 10.5. The largest absolute Gasteiger partial charge is 0.479 e. The number of ether oxygens (including phenoxy) is 1. The second kappa shape index (κ2) is 5.65. The first-order chi connectivity index (χ1) is 7.54. The highest BCUT2D eigenvalue weighted by Crippen LogP contribution is 2.19. The highest BCUT2D eigenvalue weighted by atomic mass is 35.5. The van der Waals surface area contributed by atoms with Crippen LogP contribution in [-0.4, -0.2) is 27.0 Å². The summed E-state index contributed by atoms with van der Waals surface area (Å²) in [6.45, 7) is 6.50. The van der Waals surface area contributed by atoms with Crippen molar-refractivity contribution in [2.75, 3.05) is 7.11 Å². The van der Waals surface area contributed by atoms with Gasteiger partial charge < -0.3 is 9.72 Å². The van der Waals surface area contributed by atoms with Crippen molar-refractivity contribution < 1.29 is 4.74 Å². The Hall–Kier alpha value is -1.36. The number of nitrogens with zero attached hydrogens (tertiary/aromatic N) is 3. The summed E-state index contributed by atoms with van der Waals surface area (Å²) in [6.07, 6.45) is 1.51. The average molecular weight is 243 g/mol. The number of rotatable bonds is 1. The van der Waals surface area contributed by atoms with Crippen LogP contribution in [0.15, 0.2) is 6.33 Å². The minimum absolute atomic E-state index is 0.131. The van der Waals surface area contributed by atoms with Crippen LogP contribution in [-0.2, 0) is 0 Å². The Bertz CT molecular complexity index is 452. The van der Waals surface area contributed by atoms with Crippen LogP contribution in [0, 0.1) is 5.92 Å². The fraction of sp³-hybridized carbons (Fsp3) is 0.500. The van der Waals surface area contributed by atoms with Crippen LogP contribution in [0.3, 0.4) is 0 Å². The van der Waals surface area contributed by atoms with Crippen LogP contribution in [0.1, 0.15) is 20.8 Å². The molecule has 0 aliphatic rings. The third-order valence-electron chi connectivity index (χ3n) is 1.42. The van der Waals surface area contributed by atoms with Crippen molar-refractivity contribution in [1.29, 1.82) is 0 Å². The van der Waals surface area contributed by atoms with E-state index in [2.05, 4.69) is 40.7 Å². The monoisotopic (exact) mass is 242 g/mol. The first kappa shape index (κ1) is 12.7. The Morgan fingerprint density at radius 2 is 1.94 bits per heavy atom. The smallest absolute Gasteiger partial charge is 0.244 e. The van der Waals surface area contributed by atoms with Crippen molar-refractivity contribution in [3.8, 4) is 5.88 Å². The van der Waals surface area contributed by atoms with Gasteiger partial charge >= 0.3 is 0 Å². The van der Waals surface area contributed by atoms with E-state index >= 15 is 0 Å². The van der Waals surface area contributed by atoms with Crippen molar-refractivity contribution >= 4 is 22.8 Å². The third kappa shape index (κ3) is 3.34. The van der Waals surface area contributed by atoms with E-state index in [0.717, 1.165) is 5.92 Å². The maximum absolute atomic E-state index is 5.60. The summed E-state index contributed by atoms with van der Waals surface area (Å²) in [6, 6.07) is 0. The van der Waals surface area contributed by atoms with Crippen molar-refractivity contribution in [2.24, 2.45) is 5.92 Å². The number of methoxy groups -OCH3 is 1. The van der Waals surface area contributed by atoms with Gasteiger partial charge in [0.25, 0.3) is 0 Å². The zero-order chi connectivity index (χ0) is 12.1. The van der Waals surface area contributed by atoms with Crippen molar-refractivity contribution in [2.45, 2.75) is 20.8 Å². The van der Waals surface area contributed by atoms with Gasteiger partial charge in [0.2, 0.25) is 11.2 Å². The lowest BCUT2D eigenvalue weighted by molar-refractivity contribution is 0.402. The second-order valence-electron chi connectivity index (χ2n) is 3.84. The lowest BCUT2D eigenvalue weighted by atomic mass is 10.3. The molecule has 0 bridgehead atoms. The zero-order valence-electron chi connectivity index (χ0n) is 9.78. The van der Waals surface area contributed by atoms with Crippen LogP contribution in [0.25, 0.3) is 11.2 Å². The van der Waals surface area contributed by atoms with Gasteiger partial charge in [0.15, 0.2) is 5.65 Å². The average Bonchev–Trinajstić information content (AvgIpc) is 2.63. The van der Waals surface area contributed by atoms with Gasteiger partial charge in [0.1, 0.15) is 5.52 Å². The van der Waals surface area contributed by atoms with Gasteiger partial charge in [-0.1, -0.05) is 20.8 Å². The molecule has 0 aliphatic carbocycles.